The van der Waals surface area contributed by atoms with Crippen molar-refractivity contribution in [2.24, 2.45) is 5.92 Å². The molecule has 0 spiro atoms. The van der Waals surface area contributed by atoms with E-state index in [1.165, 1.54) is 11.3 Å². The molecule has 4 nitrogen and oxygen atoms in total. The first kappa shape index (κ1) is 15.9. The molecule has 0 saturated carbocycles. The molecule has 1 aliphatic heterocycles. The first-order chi connectivity index (χ1) is 9.41. The van der Waals surface area contributed by atoms with Crippen LogP contribution in [0, 0.1) is 12.8 Å². The van der Waals surface area contributed by atoms with E-state index in [0.29, 0.717) is 16.7 Å². The summed E-state index contributed by atoms with van der Waals surface area (Å²) >= 11 is 1.36. The first-order valence-corrected chi connectivity index (χ1v) is 9.46. The molecule has 6 heteroatoms. The Hall–Kier alpha value is -0.430. The number of aryl methyl sites for hydroxylation is 1. The Morgan fingerprint density at radius 2 is 2.00 bits per heavy atom. The van der Waals surface area contributed by atoms with Crippen LogP contribution in [0.5, 0.6) is 0 Å². The third-order valence-corrected chi connectivity index (χ3v) is 7.26. The minimum Gasteiger partial charge on any atom is -0.317 e. The van der Waals surface area contributed by atoms with Crippen LogP contribution in [0.1, 0.15) is 31.6 Å². The second kappa shape index (κ2) is 6.56. The van der Waals surface area contributed by atoms with Crippen molar-refractivity contribution in [1.29, 1.82) is 0 Å². The molecule has 1 aromatic heterocycles. The van der Waals surface area contributed by atoms with Crippen LogP contribution in [0.2, 0.25) is 0 Å². The van der Waals surface area contributed by atoms with Gasteiger partial charge in [-0.25, -0.2) is 8.42 Å². The maximum Gasteiger partial charge on any atom is 0.252 e. The van der Waals surface area contributed by atoms with E-state index in [4.69, 9.17) is 0 Å². The van der Waals surface area contributed by atoms with Gasteiger partial charge in [0.05, 0.1) is 0 Å². The zero-order valence-corrected chi connectivity index (χ0v) is 14.1. The standard InChI is InChI=1S/C14H24N2O2S2/c1-11(2)16(10-13-6-8-15-9-7-13)20(17,18)14-5-4-12(3)19-14/h4-5,11,13,15H,6-10H2,1-3H3. The van der Waals surface area contributed by atoms with Gasteiger partial charge < -0.3 is 5.32 Å². The predicted octanol–water partition coefficient (Wildman–Crippen LogP) is 2.46. The summed E-state index contributed by atoms with van der Waals surface area (Å²) in [5.74, 6) is 0.467. The highest BCUT2D eigenvalue weighted by molar-refractivity contribution is 7.91. The smallest absolute Gasteiger partial charge is 0.252 e. The summed E-state index contributed by atoms with van der Waals surface area (Å²) in [5, 5.41) is 3.33. The summed E-state index contributed by atoms with van der Waals surface area (Å²) in [6, 6.07) is 3.60. The molecule has 1 N–H and O–H groups in total. The molecular formula is C14H24N2O2S2. The van der Waals surface area contributed by atoms with Crippen LogP contribution in [-0.2, 0) is 10.0 Å². The Kier molecular flexibility index (Phi) is 5.23. The highest BCUT2D eigenvalue weighted by Crippen LogP contribution is 2.27. The normalized spacial score (nSPS) is 18.1. The lowest BCUT2D eigenvalue weighted by atomic mass is 9.98. The van der Waals surface area contributed by atoms with Gasteiger partial charge in [-0.1, -0.05) is 0 Å². The topological polar surface area (TPSA) is 49.4 Å². The molecule has 0 atom stereocenters. The summed E-state index contributed by atoms with van der Waals surface area (Å²) in [5.41, 5.74) is 0. The third-order valence-electron chi connectivity index (χ3n) is 3.75. The highest BCUT2D eigenvalue weighted by Gasteiger charge is 2.30. The molecule has 2 rings (SSSR count). The minimum atomic E-state index is -3.35. The van der Waals surface area contributed by atoms with Gasteiger partial charge in [-0.05, 0) is 64.8 Å². The van der Waals surface area contributed by atoms with Gasteiger partial charge >= 0.3 is 0 Å². The fourth-order valence-electron chi connectivity index (χ4n) is 2.57. The molecule has 1 saturated heterocycles. The van der Waals surface area contributed by atoms with Gasteiger partial charge in [-0.3, -0.25) is 0 Å². The summed E-state index contributed by atoms with van der Waals surface area (Å²) < 4.78 is 27.7. The van der Waals surface area contributed by atoms with Gasteiger partial charge in [-0.15, -0.1) is 11.3 Å². The van der Waals surface area contributed by atoms with Crippen molar-refractivity contribution >= 4 is 21.4 Å². The Balaban J connectivity index is 2.19. The SMILES string of the molecule is Cc1ccc(S(=O)(=O)N(CC2CCNCC2)C(C)C)s1. The van der Waals surface area contributed by atoms with Crippen molar-refractivity contribution in [3.05, 3.63) is 17.0 Å². The van der Waals surface area contributed by atoms with Gasteiger partial charge in [0.25, 0.3) is 10.0 Å². The number of nitrogens with one attached hydrogen (secondary N) is 1. The Labute approximate surface area is 126 Å². The predicted molar refractivity (Wildman–Crippen MR) is 83.7 cm³/mol. The van der Waals surface area contributed by atoms with E-state index in [0.717, 1.165) is 30.8 Å². The van der Waals surface area contributed by atoms with Crippen molar-refractivity contribution in [3.8, 4) is 0 Å². The van der Waals surface area contributed by atoms with Crippen LogP contribution in [0.25, 0.3) is 0 Å². The van der Waals surface area contributed by atoms with Crippen LogP contribution in [0.4, 0.5) is 0 Å². The third kappa shape index (κ3) is 3.61. The van der Waals surface area contributed by atoms with E-state index in [9.17, 15) is 8.42 Å². The summed E-state index contributed by atoms with van der Waals surface area (Å²) in [7, 11) is -3.35. The number of rotatable bonds is 5. The fourth-order valence-corrected chi connectivity index (χ4v) is 5.70. The van der Waals surface area contributed by atoms with Crippen LogP contribution in [0.3, 0.4) is 0 Å². The van der Waals surface area contributed by atoms with Gasteiger partial charge in [0.15, 0.2) is 0 Å². The second-order valence-corrected chi connectivity index (χ2v) is 9.13. The molecule has 0 aromatic carbocycles. The lowest BCUT2D eigenvalue weighted by molar-refractivity contribution is 0.261. The monoisotopic (exact) mass is 316 g/mol. The highest BCUT2D eigenvalue weighted by atomic mass is 32.2. The molecule has 20 heavy (non-hydrogen) atoms. The fraction of sp³-hybridized carbons (Fsp3) is 0.714. The molecule has 2 heterocycles. The molecule has 1 fully saturated rings. The molecule has 0 aliphatic carbocycles. The Bertz CT molecular complexity index is 531. The van der Waals surface area contributed by atoms with Gasteiger partial charge in [0.2, 0.25) is 0 Å². The van der Waals surface area contributed by atoms with Crippen LogP contribution >= 0.6 is 11.3 Å². The second-order valence-electron chi connectivity index (χ2n) is 5.73. The molecule has 114 valence electrons. The number of thiophene rings is 1. The quantitative estimate of drug-likeness (QED) is 0.908. The molecule has 1 aliphatic rings. The number of hydrogen-bond donors (Lipinski definition) is 1. The Morgan fingerprint density at radius 3 is 2.50 bits per heavy atom. The van der Waals surface area contributed by atoms with Gasteiger partial charge in [0, 0.05) is 17.5 Å². The number of sulfonamides is 1. The largest absolute Gasteiger partial charge is 0.317 e. The van der Waals surface area contributed by atoms with Gasteiger partial charge in [-0.2, -0.15) is 4.31 Å². The maximum absolute atomic E-state index is 12.8. The van der Waals surface area contributed by atoms with E-state index in [-0.39, 0.29) is 6.04 Å². The molecule has 0 radical (unpaired) electrons. The zero-order chi connectivity index (χ0) is 14.8. The average Bonchev–Trinajstić information content (AvgIpc) is 2.84. The van der Waals surface area contributed by atoms with Crippen LogP contribution in [-0.4, -0.2) is 38.4 Å². The van der Waals surface area contributed by atoms with E-state index in [2.05, 4.69) is 5.32 Å². The van der Waals surface area contributed by atoms with Crippen molar-refractivity contribution < 1.29 is 8.42 Å². The van der Waals surface area contributed by atoms with Crippen molar-refractivity contribution in [3.63, 3.8) is 0 Å². The molecular weight excluding hydrogens is 292 g/mol. The lowest BCUT2D eigenvalue weighted by Crippen LogP contribution is -2.42. The Morgan fingerprint density at radius 1 is 1.35 bits per heavy atom. The summed E-state index contributed by atoms with van der Waals surface area (Å²) in [6.07, 6.45) is 2.12. The van der Waals surface area contributed by atoms with E-state index < -0.39 is 10.0 Å². The van der Waals surface area contributed by atoms with Crippen molar-refractivity contribution in [2.45, 2.75) is 43.9 Å². The lowest BCUT2D eigenvalue weighted by Gasteiger charge is -2.31. The van der Waals surface area contributed by atoms with E-state index in [1.807, 2.05) is 26.8 Å². The maximum atomic E-state index is 12.8. The summed E-state index contributed by atoms with van der Waals surface area (Å²) in [6.45, 7) is 8.48. The molecule has 1 aromatic rings. The molecule has 0 bridgehead atoms. The number of nitrogens with zero attached hydrogens (tertiary/aromatic N) is 1. The zero-order valence-electron chi connectivity index (χ0n) is 12.4. The minimum absolute atomic E-state index is 0.00251. The van der Waals surface area contributed by atoms with Crippen molar-refractivity contribution in [2.75, 3.05) is 19.6 Å². The molecule has 0 amide bonds. The van der Waals surface area contributed by atoms with Crippen molar-refractivity contribution in [1.82, 2.24) is 9.62 Å². The molecule has 0 unspecified atom stereocenters. The van der Waals surface area contributed by atoms with Gasteiger partial charge in [0.1, 0.15) is 4.21 Å². The number of piperidine rings is 1. The number of hydrogen-bond acceptors (Lipinski definition) is 4. The van der Waals surface area contributed by atoms with Crippen LogP contribution in [0.15, 0.2) is 16.3 Å². The van der Waals surface area contributed by atoms with E-state index in [1.54, 1.807) is 10.4 Å². The van der Waals surface area contributed by atoms with E-state index >= 15 is 0 Å². The van der Waals surface area contributed by atoms with Crippen LogP contribution < -0.4 is 5.32 Å². The summed E-state index contributed by atoms with van der Waals surface area (Å²) in [4.78, 5) is 1.04. The first-order valence-electron chi connectivity index (χ1n) is 7.20. The average molecular weight is 316 g/mol.